The van der Waals surface area contributed by atoms with Gasteiger partial charge in [0.1, 0.15) is 53.9 Å². The number of hydrogen-bond acceptors (Lipinski definition) is 14. The van der Waals surface area contributed by atoms with Gasteiger partial charge in [-0.1, -0.05) is 72.5 Å². The molecule has 4 aliphatic carbocycles. The van der Waals surface area contributed by atoms with Crippen molar-refractivity contribution in [2.45, 2.75) is 266 Å². The largest absolute Gasteiger partial charge is 0.391 e. The van der Waals surface area contributed by atoms with Gasteiger partial charge in [0.15, 0.2) is 0 Å². The second kappa shape index (κ2) is 37.2. The lowest BCUT2D eigenvalue weighted by Crippen LogP contribution is -2.71. The lowest BCUT2D eigenvalue weighted by atomic mass is 9.58. The summed E-state index contributed by atoms with van der Waals surface area (Å²) in [7, 11) is 11.5. The summed E-state index contributed by atoms with van der Waals surface area (Å²) in [5.41, 5.74) is -2.11. The van der Waals surface area contributed by atoms with Crippen molar-refractivity contribution in [2.75, 3.05) is 94.9 Å². The molecule has 3 saturated heterocycles. The van der Waals surface area contributed by atoms with Crippen molar-refractivity contribution in [3.63, 3.8) is 0 Å². The quantitative estimate of drug-likeness (QED) is 0.129. The molecule has 4 heterocycles. The van der Waals surface area contributed by atoms with Gasteiger partial charge >= 0.3 is 6.18 Å². The highest BCUT2D eigenvalue weighted by Gasteiger charge is 2.60. The van der Waals surface area contributed by atoms with Gasteiger partial charge in [-0.3, -0.25) is 57.5 Å². The first kappa shape index (κ1) is 86.4. The first-order chi connectivity index (χ1) is 50.4. The van der Waals surface area contributed by atoms with Crippen LogP contribution in [0.5, 0.6) is 0 Å². The topological polar surface area (TPSA) is 279 Å². The molecule has 4 saturated carbocycles. The molecule has 602 valence electrons. The second-order valence-electron chi connectivity index (χ2n) is 33.3. The molecular formula is C77H122ClF3N12O13S. The lowest BCUT2D eigenvalue weighted by molar-refractivity contribution is -0.184. The monoisotopic (exact) mass is 1550 g/mol. The smallest absolute Gasteiger partial charge is 0.377 e. The Balaban J connectivity index is 1.20. The van der Waals surface area contributed by atoms with Crippen LogP contribution in [0.15, 0.2) is 12.2 Å². The molecule has 0 aromatic heterocycles. The van der Waals surface area contributed by atoms with E-state index in [2.05, 4.69) is 16.0 Å². The molecular weight excluding hydrogens is 1430 g/mol. The number of alkyl halides is 4. The Bertz CT molecular complexity index is 3240. The molecule has 25 nitrogen and oxygen atoms in total. The third kappa shape index (κ3) is 20.7. The van der Waals surface area contributed by atoms with E-state index < -0.39 is 186 Å². The number of rotatable bonds is 13. The van der Waals surface area contributed by atoms with Gasteiger partial charge in [0.25, 0.3) is 0 Å². The maximum absolute atomic E-state index is 15.8. The van der Waals surface area contributed by atoms with Crippen molar-refractivity contribution in [2.24, 2.45) is 40.9 Å². The highest BCUT2D eigenvalue weighted by atomic mass is 35.5. The number of amides is 12. The number of thioether (sulfide) groups is 1. The molecule has 12 amide bonds. The Morgan fingerprint density at radius 3 is 1.97 bits per heavy atom. The zero-order chi connectivity index (χ0) is 78.9. The molecule has 1 spiro atoms. The summed E-state index contributed by atoms with van der Waals surface area (Å²) in [5.74, 6) is -9.47. The predicted octanol–water partition coefficient (Wildman–Crippen LogP) is 6.62. The summed E-state index contributed by atoms with van der Waals surface area (Å²) in [6.07, 6.45) is 4.62. The zero-order valence-electron chi connectivity index (χ0n) is 65.7. The minimum atomic E-state index is -4.44. The van der Waals surface area contributed by atoms with E-state index in [9.17, 15) is 41.9 Å². The normalized spacial score (nSPS) is 33.0. The van der Waals surface area contributed by atoms with Crippen molar-refractivity contribution < 1.29 is 75.4 Å². The van der Waals surface area contributed by atoms with Gasteiger partial charge in [-0.25, -0.2) is 0 Å². The number of ether oxygens (including phenoxy) is 1. The Kier molecular flexibility index (Phi) is 30.0. The van der Waals surface area contributed by atoms with Crippen LogP contribution in [-0.2, 0) is 62.3 Å². The van der Waals surface area contributed by atoms with Crippen molar-refractivity contribution in [1.82, 2.24) is 60.0 Å². The molecule has 4 aliphatic heterocycles. The maximum Gasteiger partial charge on any atom is 0.391 e. The van der Waals surface area contributed by atoms with Crippen molar-refractivity contribution in [3.05, 3.63) is 12.2 Å². The SMILES string of the molecule is CCC[C@H]1C(=O)N[C@@H]([C@@H](C)CC)C(=O)N(C)CC(=O)N(C)[C@H]2C/C=C\CCN(C2=O)[C@@H](CC2CCC(C(F)(F)F)CC2)C(=O)N(C)CC(=O)N[C@@H](CCC2CC(Cl)C3SCCC3C2)C(=O)N2C[C@H](OCC)C[C@H]2C(=O)NC2(CC(C)(C)C2)C(=O)N(C)[C@@H](C2CCCC2)C(=O)N(C)[C@H](C(=O)N(C)C)CC(=O)N1C. The molecule has 14 atom stereocenters. The van der Waals surface area contributed by atoms with Crippen LogP contribution in [0.1, 0.15) is 189 Å². The number of hydrogen-bond donors (Lipinski definition) is 3. The average molecular weight is 1550 g/mol. The van der Waals surface area contributed by atoms with Gasteiger partial charge < -0.3 is 64.8 Å². The van der Waals surface area contributed by atoms with Gasteiger partial charge in [-0.2, -0.15) is 24.9 Å². The van der Waals surface area contributed by atoms with Gasteiger partial charge in [0, 0.05) is 93.1 Å². The molecule has 107 heavy (non-hydrogen) atoms. The number of carbonyl (C=O) groups excluding carboxylic acids is 12. The highest BCUT2D eigenvalue weighted by molar-refractivity contribution is 8.00. The van der Waals surface area contributed by atoms with E-state index in [1.54, 1.807) is 26.0 Å². The highest BCUT2D eigenvalue weighted by Crippen LogP contribution is 2.51. The summed E-state index contributed by atoms with van der Waals surface area (Å²) < 4.78 is 48.7. The maximum atomic E-state index is 15.8. The minimum absolute atomic E-state index is 0.0154. The molecule has 0 aromatic rings. The van der Waals surface area contributed by atoms with Crippen LogP contribution in [0.2, 0.25) is 0 Å². The average Bonchev–Trinajstić information content (AvgIpc) is 1.28. The molecule has 0 radical (unpaired) electrons. The zero-order valence-corrected chi connectivity index (χ0v) is 67.3. The summed E-state index contributed by atoms with van der Waals surface area (Å²) in [5, 5.41) is 9.17. The van der Waals surface area contributed by atoms with E-state index in [1.807, 2.05) is 39.5 Å². The molecule has 2 bridgehead atoms. The second-order valence-corrected chi connectivity index (χ2v) is 35.1. The molecule has 30 heteroatoms. The Labute approximate surface area is 640 Å². The Hall–Kier alpha value is -6.23. The van der Waals surface area contributed by atoms with Crippen LogP contribution in [0, 0.1) is 40.9 Å². The van der Waals surface area contributed by atoms with Crippen LogP contribution >= 0.6 is 23.4 Å². The number of nitrogens with zero attached hydrogens (tertiary/aromatic N) is 9. The van der Waals surface area contributed by atoms with Crippen molar-refractivity contribution in [1.29, 1.82) is 0 Å². The van der Waals surface area contributed by atoms with Crippen LogP contribution in [0.3, 0.4) is 0 Å². The number of carbonyl (C=O) groups is 12. The van der Waals surface area contributed by atoms with Crippen molar-refractivity contribution >= 4 is 94.2 Å². The number of likely N-dealkylation sites (N-methyl/N-ethyl adjacent to an activating group) is 7. The molecule has 4 unspecified atom stereocenters. The summed E-state index contributed by atoms with van der Waals surface area (Å²) in [6, 6.07) is -10.2. The van der Waals surface area contributed by atoms with E-state index in [1.165, 1.54) is 90.7 Å². The van der Waals surface area contributed by atoms with Crippen LogP contribution < -0.4 is 16.0 Å². The minimum Gasteiger partial charge on any atom is -0.377 e. The van der Waals surface area contributed by atoms with Crippen LogP contribution in [-0.4, -0.2) is 287 Å². The van der Waals surface area contributed by atoms with E-state index in [-0.39, 0.29) is 108 Å². The van der Waals surface area contributed by atoms with Gasteiger partial charge in [-0.05, 0) is 157 Å². The third-order valence-electron chi connectivity index (χ3n) is 24.7. The summed E-state index contributed by atoms with van der Waals surface area (Å²) in [6.45, 7) is 9.95. The molecule has 8 rings (SSSR count). The van der Waals surface area contributed by atoms with E-state index in [0.29, 0.717) is 49.7 Å². The lowest BCUT2D eigenvalue weighted by Gasteiger charge is -2.54. The standard InChI is InChI=1S/C77H122ClF3N12O13S/c1-15-23-55-66(97)83-63(46(4)16-2)72(103)87(10)43-62(96)89(12)56-26-19-18-22-34-92(71(56)102)59(38-47-27-30-51(31-28-47)77(79,80)81)70(101)86(9)42-60(94)82-54(32-29-48-36-50-33-35-107-65(50)53(78)37-48)68(99)93-41-52(106-17-3)39-57(93)67(98)84-76(44-75(5,6)45-76)74(105)91(14)64(49-24-20-21-25-49)73(104)90(13)58(69(100)85(7)8)40-61(95)88(55)11/h18-19,46-59,63-65H,15-17,20-45H2,1-14H3,(H,82,94)(H,83,97)(H,84,98)/b19-18-/t46-,47?,48?,50?,51?,52+,53?,54-,55-,56-,57-,58-,59-,63-,64-,65?/m0/s1. The first-order valence-corrected chi connectivity index (χ1v) is 40.7. The number of fused-ring (bicyclic) bond motifs is 4. The fourth-order valence-electron chi connectivity index (χ4n) is 18.5. The van der Waals surface area contributed by atoms with Crippen LogP contribution in [0.4, 0.5) is 13.2 Å². The van der Waals surface area contributed by atoms with E-state index >= 15 is 28.8 Å². The third-order valence-corrected chi connectivity index (χ3v) is 26.8. The number of nitrogens with one attached hydrogen (secondary N) is 3. The Morgan fingerprint density at radius 2 is 1.36 bits per heavy atom. The van der Waals surface area contributed by atoms with Gasteiger partial charge in [-0.15, -0.1) is 11.6 Å². The molecule has 7 fully saturated rings. The molecule has 3 N–H and O–H groups in total. The summed E-state index contributed by atoms with van der Waals surface area (Å²) in [4.78, 5) is 194. The van der Waals surface area contributed by atoms with Gasteiger partial charge in [0.2, 0.25) is 70.9 Å². The summed E-state index contributed by atoms with van der Waals surface area (Å²) >= 11 is 8.96. The molecule has 0 aromatic carbocycles. The van der Waals surface area contributed by atoms with Crippen molar-refractivity contribution in [3.8, 4) is 0 Å². The van der Waals surface area contributed by atoms with E-state index in [0.717, 1.165) is 41.2 Å². The Morgan fingerprint density at radius 1 is 0.692 bits per heavy atom. The van der Waals surface area contributed by atoms with Gasteiger partial charge in [0.05, 0.1) is 31.5 Å². The molecule has 8 aliphatic rings. The fourth-order valence-corrected chi connectivity index (χ4v) is 20.7. The number of halogens is 4. The fraction of sp³-hybridized carbons (Fsp3) is 0.818. The first-order valence-electron chi connectivity index (χ1n) is 39.3. The van der Waals surface area contributed by atoms with E-state index in [4.69, 9.17) is 16.3 Å². The predicted molar refractivity (Wildman–Crippen MR) is 400 cm³/mol. The van der Waals surface area contributed by atoms with Crippen LogP contribution in [0.25, 0.3) is 0 Å².